The van der Waals surface area contributed by atoms with Crippen molar-refractivity contribution in [2.24, 2.45) is 0 Å². The summed E-state index contributed by atoms with van der Waals surface area (Å²) in [5, 5.41) is 19.7. The molecule has 1 N–H and O–H groups in total. The molecule has 1 fully saturated rings. The van der Waals surface area contributed by atoms with E-state index < -0.39 is 25.3 Å². The van der Waals surface area contributed by atoms with Crippen LogP contribution in [-0.4, -0.2) is 65.5 Å². The molecule has 1 aliphatic heterocycles. The van der Waals surface area contributed by atoms with Gasteiger partial charge in [0.25, 0.3) is 5.69 Å². The summed E-state index contributed by atoms with van der Waals surface area (Å²) < 4.78 is 12.0. The van der Waals surface area contributed by atoms with E-state index in [1.165, 1.54) is 23.9 Å². The molecule has 0 aromatic heterocycles. The Morgan fingerprint density at radius 1 is 1.28 bits per heavy atom. The molecule has 9 nitrogen and oxygen atoms in total. The molecular weight excluding hydrogens is 452 g/mol. The van der Waals surface area contributed by atoms with Gasteiger partial charge in [0.2, 0.25) is 0 Å². The lowest BCUT2D eigenvalue weighted by Crippen LogP contribution is -2.44. The molecule has 0 radical (unpaired) electrons. The average molecular weight is 485 g/mol. The first kappa shape index (κ1) is 26.1. The summed E-state index contributed by atoms with van der Waals surface area (Å²) >= 11 is 1.27. The van der Waals surface area contributed by atoms with Gasteiger partial charge in [-0.25, -0.2) is 4.79 Å². The fraction of sp³-hybridized carbons (Fsp3) is 0.619. The standard InChI is InChI=1S/C21H32N2O7SSi/c1-21(2,3)32(4,5)30-18-10-17(13-31-14-19(24)25)22(11-18)20(26)29-12-15-6-8-16(9-7-15)23(27)28/h6-9,17-18H,10-14H2,1-5H3,(H,24,25). The van der Waals surface area contributed by atoms with Crippen molar-refractivity contribution in [3.63, 3.8) is 0 Å². The molecule has 1 heterocycles. The van der Waals surface area contributed by atoms with Gasteiger partial charge < -0.3 is 19.2 Å². The zero-order valence-corrected chi connectivity index (χ0v) is 21.0. The average Bonchev–Trinajstić information content (AvgIpc) is 3.07. The monoisotopic (exact) mass is 484 g/mol. The number of carboxylic acids is 1. The van der Waals surface area contributed by atoms with Crippen LogP contribution in [0.1, 0.15) is 32.8 Å². The number of likely N-dealkylation sites (tertiary alicyclic amines) is 1. The van der Waals surface area contributed by atoms with Crippen LogP contribution < -0.4 is 0 Å². The summed E-state index contributed by atoms with van der Waals surface area (Å²) in [6, 6.07) is 5.66. The van der Waals surface area contributed by atoms with Gasteiger partial charge in [0.15, 0.2) is 8.32 Å². The van der Waals surface area contributed by atoms with Gasteiger partial charge in [-0.15, -0.1) is 11.8 Å². The minimum absolute atomic E-state index is 0.00389. The summed E-state index contributed by atoms with van der Waals surface area (Å²) in [6.45, 7) is 11.2. The van der Waals surface area contributed by atoms with Crippen molar-refractivity contribution < 1.29 is 28.8 Å². The third kappa shape index (κ3) is 7.21. The number of nitro benzene ring substituents is 1. The number of carboxylic acid groups (broad SMARTS) is 1. The van der Waals surface area contributed by atoms with Crippen LogP contribution in [0.2, 0.25) is 18.1 Å². The third-order valence-corrected chi connectivity index (χ3v) is 11.5. The number of benzene rings is 1. The number of nitro groups is 1. The third-order valence-electron chi connectivity index (χ3n) is 5.92. The Morgan fingerprint density at radius 2 is 1.91 bits per heavy atom. The maximum absolute atomic E-state index is 12.8. The second-order valence-corrected chi connectivity index (χ2v) is 15.2. The highest BCUT2D eigenvalue weighted by Crippen LogP contribution is 2.39. The van der Waals surface area contributed by atoms with Gasteiger partial charge in [-0.3, -0.25) is 14.9 Å². The van der Waals surface area contributed by atoms with Crippen molar-refractivity contribution in [3.05, 3.63) is 39.9 Å². The van der Waals surface area contributed by atoms with Gasteiger partial charge in [-0.05, 0) is 42.2 Å². The van der Waals surface area contributed by atoms with Gasteiger partial charge >= 0.3 is 12.1 Å². The molecular formula is C21H32N2O7SSi. The Hall–Kier alpha value is -2.11. The smallest absolute Gasteiger partial charge is 0.410 e. The van der Waals surface area contributed by atoms with E-state index in [1.807, 2.05) is 0 Å². The summed E-state index contributed by atoms with van der Waals surface area (Å²) in [7, 11) is -2.03. The van der Waals surface area contributed by atoms with Crippen LogP contribution in [-0.2, 0) is 20.6 Å². The molecule has 2 rings (SSSR count). The van der Waals surface area contributed by atoms with Crippen molar-refractivity contribution >= 4 is 37.8 Å². The van der Waals surface area contributed by atoms with Gasteiger partial charge in [-0.2, -0.15) is 0 Å². The molecule has 0 bridgehead atoms. The minimum Gasteiger partial charge on any atom is -0.481 e. The predicted molar refractivity (Wildman–Crippen MR) is 125 cm³/mol. The van der Waals surface area contributed by atoms with Crippen molar-refractivity contribution in [2.45, 2.75) is 64.1 Å². The van der Waals surface area contributed by atoms with E-state index in [0.29, 0.717) is 24.3 Å². The normalized spacial score (nSPS) is 19.1. The highest BCUT2D eigenvalue weighted by molar-refractivity contribution is 7.99. The number of thioether (sulfide) groups is 1. The quantitative estimate of drug-likeness (QED) is 0.309. The van der Waals surface area contributed by atoms with E-state index in [1.54, 1.807) is 17.0 Å². The van der Waals surface area contributed by atoms with Gasteiger partial charge in [0.1, 0.15) is 6.61 Å². The lowest BCUT2D eigenvalue weighted by Gasteiger charge is -2.38. The largest absolute Gasteiger partial charge is 0.481 e. The van der Waals surface area contributed by atoms with Crippen molar-refractivity contribution in [3.8, 4) is 0 Å². The van der Waals surface area contributed by atoms with Crippen molar-refractivity contribution in [1.29, 1.82) is 0 Å². The van der Waals surface area contributed by atoms with E-state index in [-0.39, 0.29) is 35.2 Å². The molecule has 1 aliphatic rings. The molecule has 178 valence electrons. The highest BCUT2D eigenvalue weighted by Gasteiger charge is 2.44. The summed E-state index contributed by atoms with van der Waals surface area (Å²) in [6.07, 6.45) is 0.00928. The first-order valence-corrected chi connectivity index (χ1v) is 14.5. The summed E-state index contributed by atoms with van der Waals surface area (Å²) in [5.41, 5.74) is 0.620. The number of carbonyl (C=O) groups excluding carboxylic acids is 1. The van der Waals surface area contributed by atoms with Crippen LogP contribution in [0.25, 0.3) is 0 Å². The zero-order chi connectivity index (χ0) is 24.1. The van der Waals surface area contributed by atoms with Gasteiger partial charge in [0, 0.05) is 30.5 Å². The predicted octanol–water partition coefficient (Wildman–Crippen LogP) is 4.51. The first-order chi connectivity index (χ1) is 14.8. The number of carbonyl (C=O) groups is 2. The Kier molecular flexibility index (Phi) is 8.72. The van der Waals surface area contributed by atoms with Crippen LogP contribution in [0.4, 0.5) is 10.5 Å². The molecule has 1 aromatic carbocycles. The molecule has 1 aromatic rings. The Balaban J connectivity index is 2.03. The highest BCUT2D eigenvalue weighted by atomic mass is 32.2. The van der Waals surface area contributed by atoms with E-state index in [2.05, 4.69) is 33.9 Å². The number of rotatable bonds is 9. The van der Waals surface area contributed by atoms with Gasteiger partial charge in [0.05, 0.1) is 16.8 Å². The van der Waals surface area contributed by atoms with Crippen LogP contribution in [0, 0.1) is 10.1 Å². The second-order valence-electron chi connectivity index (χ2n) is 9.43. The Bertz CT molecular complexity index is 826. The van der Waals surface area contributed by atoms with Crippen LogP contribution >= 0.6 is 11.8 Å². The van der Waals surface area contributed by atoms with Crippen LogP contribution in [0.3, 0.4) is 0 Å². The fourth-order valence-corrected chi connectivity index (χ4v) is 5.40. The number of ether oxygens (including phenoxy) is 1. The number of non-ortho nitro benzene ring substituents is 1. The minimum atomic E-state index is -2.03. The molecule has 0 saturated carbocycles. The lowest BCUT2D eigenvalue weighted by atomic mass is 10.2. The Labute approximate surface area is 193 Å². The lowest BCUT2D eigenvalue weighted by molar-refractivity contribution is -0.384. The number of nitrogens with zero attached hydrogens (tertiary/aromatic N) is 2. The Morgan fingerprint density at radius 3 is 2.44 bits per heavy atom. The molecule has 1 amide bonds. The van der Waals surface area contributed by atoms with E-state index >= 15 is 0 Å². The van der Waals surface area contributed by atoms with Crippen LogP contribution in [0.5, 0.6) is 0 Å². The van der Waals surface area contributed by atoms with Crippen molar-refractivity contribution in [2.75, 3.05) is 18.1 Å². The second kappa shape index (κ2) is 10.7. The van der Waals surface area contributed by atoms with Gasteiger partial charge in [-0.1, -0.05) is 20.8 Å². The number of aliphatic carboxylic acids is 1. The molecule has 32 heavy (non-hydrogen) atoms. The molecule has 2 unspecified atom stereocenters. The van der Waals surface area contributed by atoms with E-state index in [0.717, 1.165) is 0 Å². The maximum Gasteiger partial charge on any atom is 0.410 e. The molecule has 0 spiro atoms. The topological polar surface area (TPSA) is 119 Å². The molecule has 2 atom stereocenters. The molecule has 11 heteroatoms. The molecule has 0 aliphatic carbocycles. The summed E-state index contributed by atoms with van der Waals surface area (Å²) in [5.74, 6) is -0.443. The summed E-state index contributed by atoms with van der Waals surface area (Å²) in [4.78, 5) is 35.6. The first-order valence-electron chi connectivity index (χ1n) is 10.4. The fourth-order valence-electron chi connectivity index (χ4n) is 3.16. The van der Waals surface area contributed by atoms with Crippen LogP contribution in [0.15, 0.2) is 24.3 Å². The SMILES string of the molecule is CC(C)(C)[Si](C)(C)OC1CC(CSCC(=O)O)N(C(=O)OCc2ccc([N+](=O)[O-])cc2)C1. The number of hydrogen-bond donors (Lipinski definition) is 1. The van der Waals surface area contributed by atoms with Crippen molar-refractivity contribution in [1.82, 2.24) is 4.90 Å². The van der Waals surface area contributed by atoms with E-state index in [4.69, 9.17) is 14.3 Å². The molecule has 1 saturated heterocycles. The zero-order valence-electron chi connectivity index (χ0n) is 19.2. The number of hydrogen-bond acceptors (Lipinski definition) is 7. The number of amides is 1. The van der Waals surface area contributed by atoms with E-state index in [9.17, 15) is 19.7 Å². The maximum atomic E-state index is 12.8.